The third-order valence-corrected chi connectivity index (χ3v) is 22.7. The number of carboxylic acid groups (broad SMARTS) is 2. The molecular weight excluding hydrogens is 1720 g/mol. The summed E-state index contributed by atoms with van der Waals surface area (Å²) in [4.78, 5) is 56.5. The van der Waals surface area contributed by atoms with Crippen LogP contribution in [0.2, 0.25) is 0 Å². The van der Waals surface area contributed by atoms with E-state index in [1.165, 1.54) is 39.0 Å². The Labute approximate surface area is 747 Å². The molecule has 0 saturated carbocycles. The molecule has 7 aliphatic rings. The second-order valence-corrected chi connectivity index (χ2v) is 35.2. The zero-order valence-electron chi connectivity index (χ0n) is 73.3. The van der Waals surface area contributed by atoms with Gasteiger partial charge in [0.2, 0.25) is 0 Å². The van der Waals surface area contributed by atoms with Gasteiger partial charge >= 0.3 is 43.6 Å². The van der Waals surface area contributed by atoms with Crippen molar-refractivity contribution in [1.82, 2.24) is 60.1 Å². The fourth-order valence-electron chi connectivity index (χ4n) is 15.2. The van der Waals surface area contributed by atoms with Gasteiger partial charge < -0.3 is 60.1 Å². The van der Waals surface area contributed by atoms with E-state index in [4.69, 9.17) is 58.3 Å². The Morgan fingerprint density at radius 1 is 0.508 bits per heavy atom. The molecule has 0 aliphatic carbocycles. The van der Waals surface area contributed by atoms with Gasteiger partial charge in [-0.15, -0.1) is 15.3 Å². The lowest BCUT2D eigenvalue weighted by Gasteiger charge is -2.32. The maximum atomic E-state index is 12.5. The summed E-state index contributed by atoms with van der Waals surface area (Å²) in [5.41, 5.74) is 22.5. The van der Waals surface area contributed by atoms with Gasteiger partial charge in [0.05, 0.1) is 83.2 Å². The molecule has 6 aromatic carbocycles. The van der Waals surface area contributed by atoms with Crippen molar-refractivity contribution in [1.29, 1.82) is 0 Å². The monoisotopic (exact) mass is 1820 g/mol. The van der Waals surface area contributed by atoms with E-state index < -0.39 is 35.5 Å². The van der Waals surface area contributed by atoms with E-state index in [-0.39, 0.29) is 48.6 Å². The van der Waals surface area contributed by atoms with Crippen molar-refractivity contribution < 1.29 is 74.5 Å². The fourth-order valence-corrected chi connectivity index (χ4v) is 15.6. The fraction of sp³-hybridized carbons (Fsp3) is 0.402. The van der Waals surface area contributed by atoms with Gasteiger partial charge in [0.1, 0.15) is 11.2 Å². The number of hydrogen-bond acceptors (Lipinski definition) is 18. The van der Waals surface area contributed by atoms with Crippen molar-refractivity contribution in [3.8, 4) is 33.8 Å². The highest BCUT2D eigenvalue weighted by Crippen LogP contribution is 2.45. The number of anilines is 3. The zero-order chi connectivity index (χ0) is 93.0. The second-order valence-electron chi connectivity index (χ2n) is 34.3. The molecule has 3 unspecified atom stereocenters. The zero-order valence-corrected chi connectivity index (χ0v) is 74.9. The highest BCUT2D eigenvalue weighted by molar-refractivity contribution is 9.10. The van der Waals surface area contributed by atoms with E-state index in [0.29, 0.717) is 43.2 Å². The van der Waals surface area contributed by atoms with E-state index in [1.54, 1.807) is 9.80 Å². The summed E-state index contributed by atoms with van der Waals surface area (Å²) in [5, 5.41) is 54.6. The number of nitrogens with zero attached hydrogens (tertiary/aromatic N) is 14. The second kappa shape index (κ2) is 40.5. The molecule has 672 valence electrons. The highest BCUT2D eigenvalue weighted by Gasteiger charge is 2.53. The summed E-state index contributed by atoms with van der Waals surface area (Å²) in [6.07, 6.45) is 0.918. The maximum Gasteiger partial charge on any atom is 0.490 e. The largest absolute Gasteiger partial charge is 0.490 e. The summed E-state index contributed by atoms with van der Waals surface area (Å²) in [6, 6.07) is 43.0. The number of benzene rings is 6. The van der Waals surface area contributed by atoms with Crippen molar-refractivity contribution in [2.24, 2.45) is 0 Å². The number of aliphatic carboxylic acids is 2. The minimum Gasteiger partial charge on any atom is -0.475 e. The number of rotatable bonds is 9. The van der Waals surface area contributed by atoms with Crippen LogP contribution in [0.15, 0.2) is 156 Å². The van der Waals surface area contributed by atoms with Crippen LogP contribution in [0, 0.1) is 40.5 Å². The van der Waals surface area contributed by atoms with Gasteiger partial charge in [-0.05, 0) is 240 Å². The molecule has 3 atom stereocenters. The summed E-state index contributed by atoms with van der Waals surface area (Å²) in [6.45, 7) is 54.0. The molecule has 6 N–H and O–H groups in total. The highest BCUT2D eigenvalue weighted by atomic mass is 79.9. The Bertz CT molecular complexity index is 5770. The van der Waals surface area contributed by atoms with Crippen molar-refractivity contribution in [3.05, 3.63) is 235 Å². The predicted octanol–water partition coefficient (Wildman–Crippen LogP) is 20.7. The smallest absolute Gasteiger partial charge is 0.475 e. The molecule has 9 aromatic rings. The lowest BCUT2D eigenvalue weighted by molar-refractivity contribution is -0.193. The van der Waals surface area contributed by atoms with Crippen LogP contribution in [0.1, 0.15) is 171 Å². The number of hydrogen-bond donors (Lipinski definition) is 6. The normalized spacial score (nSPS) is 17.6. The van der Waals surface area contributed by atoms with E-state index in [1.807, 2.05) is 183 Å². The lowest BCUT2D eigenvalue weighted by Crippen LogP contribution is -2.41. The molecule has 2 amide bonds. The predicted molar refractivity (Wildman–Crippen MR) is 479 cm³/mol. The van der Waals surface area contributed by atoms with Crippen LogP contribution in [0.3, 0.4) is 0 Å². The first-order valence-corrected chi connectivity index (χ1v) is 42.4. The molecule has 10 heterocycles. The average molecular weight is 1820 g/mol. The first kappa shape index (κ1) is 96.0. The van der Waals surface area contributed by atoms with Gasteiger partial charge in [-0.3, -0.25) is 0 Å². The number of amides is 2. The quantitative estimate of drug-likeness (QED) is 0.0444. The molecule has 1 fully saturated rings. The molecule has 3 aromatic heterocycles. The van der Waals surface area contributed by atoms with Crippen LogP contribution in [-0.4, -0.2) is 170 Å². The number of nitrogens with one attached hydrogen (secondary N) is 4. The van der Waals surface area contributed by atoms with Crippen LogP contribution < -0.4 is 21.3 Å². The molecule has 28 nitrogen and oxygen atoms in total. The summed E-state index contributed by atoms with van der Waals surface area (Å²) in [7, 11) is -0.314. The number of alkyl halides is 6. The van der Waals surface area contributed by atoms with Crippen LogP contribution in [0.5, 0.6) is 0 Å². The van der Waals surface area contributed by atoms with Gasteiger partial charge in [-0.25, -0.2) is 47.8 Å². The van der Waals surface area contributed by atoms with E-state index in [0.717, 1.165) is 149 Å². The summed E-state index contributed by atoms with van der Waals surface area (Å²) < 4.78 is 93.6. The molecule has 0 spiro atoms. The minimum atomic E-state index is -5.08. The van der Waals surface area contributed by atoms with E-state index in [9.17, 15) is 35.9 Å². The number of fused-ring (bicyclic) bond motifs is 9. The first-order valence-electron chi connectivity index (χ1n) is 41.6. The molecule has 36 heteroatoms. The van der Waals surface area contributed by atoms with Crippen molar-refractivity contribution in [2.75, 3.05) is 55.2 Å². The maximum absolute atomic E-state index is 12.5. The van der Waals surface area contributed by atoms with Crippen LogP contribution >= 0.6 is 15.9 Å². The molecule has 1 saturated heterocycles. The number of halogens is 7. The summed E-state index contributed by atoms with van der Waals surface area (Å²) >= 11 is 3.60. The molecule has 0 radical (unpaired) electrons. The lowest BCUT2D eigenvalue weighted by atomic mass is 9.75. The molecule has 128 heavy (non-hydrogen) atoms. The first-order chi connectivity index (χ1) is 60.4. The standard InChI is InChI=1S/C29H32N6O2.C24H24N6.C19H16BrN5.C16H28BNO4.2C2HF3O2/c1-19-27-24-10-9-21(20-11-14-34(15-12-20)28(36)37-29(2,3)4)17-25(24)26(13-16-35(27)33-32-19)31-23-8-6-7-22(18-23)30-5;1-16-24-21-7-6-18(17-8-11-26-12-9-17)14-22(21)23(10-13-30(24)29-28-16)27-20-5-3-4-19(15-20)25-2;1-12-19-16-7-6-13(20)10-17(16)18(8-9-25(19)24-23-12)22-15-5-3-4-14(11-15)21-2;1-14(2,3)20-13(19)18-10-8-12(9-11-18)17-21-15(4,5)16(6,7)22-17;2*3-2(4,5)1(6)7/h6-11,17-18,26,31H,12-16H2,1-4H3;3-8,14-15,23,26-27H,9-13H2,1H3;3-7,10-11,18,22H,8-9H2,1H3;8H,9-11H2,1-7H3;2*(H,6,7). The molecule has 0 bridgehead atoms. The Kier molecular flexibility index (Phi) is 30.4. The van der Waals surface area contributed by atoms with Crippen LogP contribution in [-0.2, 0) is 48.0 Å². The third kappa shape index (κ3) is 24.5. The Hall–Kier alpha value is -12.7. The number of carbonyl (C=O) groups excluding carboxylic acids is 2. The van der Waals surface area contributed by atoms with Gasteiger partial charge in [0.15, 0.2) is 17.1 Å². The number of aromatic nitrogens is 9. The van der Waals surface area contributed by atoms with E-state index >= 15 is 0 Å². The summed E-state index contributed by atoms with van der Waals surface area (Å²) in [5.74, 6) is -5.51. The van der Waals surface area contributed by atoms with Gasteiger partial charge in [0.25, 0.3) is 0 Å². The SMILES string of the molecule is CC(C)(C)OC(=O)N1CC=C(B2OC(C)(C)C(C)(C)O2)CC1.O=C(O)C(F)(F)F.O=C(O)C(F)(F)F.[C-]#[N+]c1cccc(NC2CCn3nnc(C)c3-c3ccc(Br)cc32)c1.[C-]#[N+]c1cccc(NC2CCn3nnc(C)c3-c3ccc(C4=CCN(C(=O)OC(C)(C)C)CC4)cc32)c1.[C-]#[N+]c1cccc(NC2CCn3nnc(C)c3-c3ccc(C4=CCNCC4)cc32)c1. The Morgan fingerprint density at radius 3 is 1.20 bits per heavy atom. The number of ether oxygens (including phenoxy) is 2. The number of carboxylic acids is 2. The van der Waals surface area contributed by atoms with Gasteiger partial charge in [-0.1, -0.05) is 117 Å². The topological polar surface area (TPSA) is 305 Å². The minimum absolute atomic E-state index is 0.0412. The van der Waals surface area contributed by atoms with Crippen LogP contribution in [0.4, 0.5) is 70.1 Å². The Balaban J connectivity index is 0.000000159. The van der Waals surface area contributed by atoms with Crippen molar-refractivity contribution >= 4 is 92.4 Å². The van der Waals surface area contributed by atoms with Gasteiger partial charge in [0, 0.05) is 90.6 Å². The Morgan fingerprint density at radius 2 is 0.867 bits per heavy atom. The number of aryl methyl sites for hydroxylation is 6. The van der Waals surface area contributed by atoms with Crippen molar-refractivity contribution in [3.63, 3.8) is 0 Å². The van der Waals surface area contributed by atoms with Crippen LogP contribution in [0.25, 0.3) is 59.5 Å². The molecular formula is C92H102BBrF6N18O10. The van der Waals surface area contributed by atoms with E-state index in [2.05, 4.69) is 149 Å². The average Bonchev–Trinajstić information content (AvgIpc) is 1.63. The van der Waals surface area contributed by atoms with Crippen molar-refractivity contribution in [2.45, 2.75) is 201 Å². The third-order valence-electron chi connectivity index (χ3n) is 22.2. The van der Waals surface area contributed by atoms with Gasteiger partial charge in [-0.2, -0.15) is 26.3 Å². The molecule has 16 rings (SSSR count). The molecule has 7 aliphatic heterocycles. The number of carbonyl (C=O) groups is 4.